The van der Waals surface area contributed by atoms with Gasteiger partial charge in [-0.1, -0.05) is 72.6 Å². The van der Waals surface area contributed by atoms with Gasteiger partial charge >= 0.3 is 12.2 Å². The molecule has 1 aromatic carbocycles. The smallest absolute Gasteiger partial charge is 0.410 e. The van der Waals surface area contributed by atoms with Gasteiger partial charge in [-0.3, -0.25) is 24.0 Å². The van der Waals surface area contributed by atoms with Gasteiger partial charge in [-0.05, 0) is 78.9 Å². The highest BCUT2D eigenvalue weighted by Crippen LogP contribution is 2.58. The molecule has 5 atom stereocenters. The molecule has 4 amide bonds. The van der Waals surface area contributed by atoms with Gasteiger partial charge in [-0.2, -0.15) is 0 Å². The Morgan fingerprint density at radius 1 is 1.02 bits per heavy atom. The summed E-state index contributed by atoms with van der Waals surface area (Å²) >= 11 is 0. The minimum atomic E-state index is -3.85. The molecule has 6 rings (SSSR count). The highest BCUT2D eigenvalue weighted by atomic mass is 32.2. The number of ketones is 1. The fourth-order valence-electron chi connectivity index (χ4n) is 8.62. The lowest BCUT2D eigenvalue weighted by Gasteiger charge is -2.36. The number of carbonyl (C=O) groups excluding carboxylic acids is 5. The van der Waals surface area contributed by atoms with Crippen LogP contribution in [0, 0.1) is 22.2 Å². The maximum atomic E-state index is 14.7. The minimum absolute atomic E-state index is 0.0281. The number of sulfonamides is 1. The molecule has 0 aromatic heterocycles. The second kappa shape index (κ2) is 14.4. The second-order valence-corrected chi connectivity index (χ2v) is 20.6. The van der Waals surface area contributed by atoms with Crippen molar-refractivity contribution in [2.75, 3.05) is 13.2 Å². The molecule has 14 heteroatoms. The second-order valence-electron chi connectivity index (χ2n) is 18.6. The van der Waals surface area contributed by atoms with Crippen LogP contribution in [-0.2, 0) is 53.4 Å². The molecule has 54 heavy (non-hydrogen) atoms. The zero-order chi connectivity index (χ0) is 39.4. The first-order chi connectivity index (χ1) is 25.2. The van der Waals surface area contributed by atoms with Crippen LogP contribution in [0.5, 0.6) is 0 Å². The molecule has 0 radical (unpaired) electrons. The monoisotopic (exact) mass is 770 g/mol. The summed E-state index contributed by atoms with van der Waals surface area (Å²) in [6, 6.07) is 3.92. The summed E-state index contributed by atoms with van der Waals surface area (Å²) < 4.78 is 39.7. The lowest BCUT2D eigenvalue weighted by atomic mass is 9.85. The van der Waals surface area contributed by atoms with Crippen LogP contribution in [-0.4, -0.2) is 84.1 Å². The van der Waals surface area contributed by atoms with Crippen LogP contribution in [0.4, 0.5) is 9.59 Å². The Morgan fingerprint density at radius 2 is 1.72 bits per heavy atom. The highest BCUT2D eigenvalue weighted by Gasteiger charge is 2.62. The molecule has 298 valence electrons. The summed E-state index contributed by atoms with van der Waals surface area (Å²) in [5.74, 6) is -1.85. The van der Waals surface area contributed by atoms with Gasteiger partial charge in [-0.25, -0.2) is 18.0 Å². The van der Waals surface area contributed by atoms with Crippen molar-refractivity contribution in [1.29, 1.82) is 0 Å². The van der Waals surface area contributed by atoms with E-state index in [0.717, 1.165) is 36.8 Å². The van der Waals surface area contributed by atoms with E-state index in [1.54, 1.807) is 32.6 Å². The van der Waals surface area contributed by atoms with E-state index in [-0.39, 0.29) is 37.3 Å². The molecule has 2 saturated carbocycles. The third-order valence-corrected chi connectivity index (χ3v) is 14.0. The predicted octanol–water partition coefficient (Wildman–Crippen LogP) is 5.38. The molecule has 5 aliphatic rings. The topological polar surface area (TPSA) is 168 Å². The Balaban J connectivity index is 1.31. The van der Waals surface area contributed by atoms with Gasteiger partial charge in [0.2, 0.25) is 21.8 Å². The maximum Gasteiger partial charge on any atom is 0.410 e. The first-order valence-electron chi connectivity index (χ1n) is 19.6. The van der Waals surface area contributed by atoms with Gasteiger partial charge in [0.15, 0.2) is 5.78 Å². The number of Topliss-reactive ketones (excluding diaryl/α,β-unsaturated/α-hetero) is 1. The number of nitrogens with zero attached hydrogens (tertiary/aromatic N) is 2. The van der Waals surface area contributed by atoms with E-state index in [4.69, 9.17) is 9.47 Å². The first kappa shape index (κ1) is 40.0. The Morgan fingerprint density at radius 3 is 2.37 bits per heavy atom. The zero-order valence-electron chi connectivity index (χ0n) is 32.9. The van der Waals surface area contributed by atoms with Crippen molar-refractivity contribution < 1.29 is 41.9 Å². The molecule has 2 aliphatic carbocycles. The van der Waals surface area contributed by atoms with E-state index in [2.05, 4.69) is 16.1 Å². The van der Waals surface area contributed by atoms with Crippen LogP contribution in [0.15, 0.2) is 18.2 Å². The minimum Gasteiger partial charge on any atom is -0.449 e. The van der Waals surface area contributed by atoms with Crippen molar-refractivity contribution in [2.45, 2.75) is 149 Å². The molecule has 1 aromatic rings. The van der Waals surface area contributed by atoms with E-state index in [1.807, 2.05) is 32.9 Å². The van der Waals surface area contributed by atoms with Crippen LogP contribution in [0.25, 0.3) is 0 Å². The maximum absolute atomic E-state index is 14.7. The Kier molecular flexibility index (Phi) is 10.7. The average molecular weight is 771 g/mol. The number of nitrogens with one attached hydrogen (secondary N) is 2. The molecule has 3 fully saturated rings. The van der Waals surface area contributed by atoms with Gasteiger partial charge in [0.05, 0.1) is 29.9 Å². The van der Waals surface area contributed by atoms with Crippen LogP contribution in [0.3, 0.4) is 0 Å². The zero-order valence-corrected chi connectivity index (χ0v) is 33.7. The van der Waals surface area contributed by atoms with E-state index < -0.39 is 73.6 Å². The fourth-order valence-corrected chi connectivity index (χ4v) is 10.0. The summed E-state index contributed by atoms with van der Waals surface area (Å²) in [5, 5.41) is 2.18. The van der Waals surface area contributed by atoms with E-state index in [9.17, 15) is 32.4 Å². The van der Waals surface area contributed by atoms with Crippen molar-refractivity contribution in [3.63, 3.8) is 0 Å². The summed E-state index contributed by atoms with van der Waals surface area (Å²) in [5.41, 5.74) is -0.276. The number of benzene rings is 1. The van der Waals surface area contributed by atoms with Gasteiger partial charge in [-0.15, -0.1) is 0 Å². The average Bonchev–Trinajstić information content (AvgIpc) is 3.99. The van der Waals surface area contributed by atoms with Crippen LogP contribution in [0.1, 0.15) is 123 Å². The van der Waals surface area contributed by atoms with E-state index in [1.165, 1.54) is 10.5 Å². The number of aryl methyl sites for hydroxylation is 1. The highest BCUT2D eigenvalue weighted by molar-refractivity contribution is 7.90. The molecule has 0 spiro atoms. The van der Waals surface area contributed by atoms with Crippen molar-refractivity contribution in [3.8, 4) is 0 Å². The number of fused-ring (bicyclic) bond motifs is 3. The van der Waals surface area contributed by atoms with Crippen molar-refractivity contribution in [2.24, 2.45) is 22.2 Å². The lowest BCUT2D eigenvalue weighted by molar-refractivity contribution is -0.142. The van der Waals surface area contributed by atoms with Crippen LogP contribution < -0.4 is 10.0 Å². The number of hydrogen-bond donors (Lipinski definition) is 2. The molecular weight excluding hydrogens is 713 g/mol. The van der Waals surface area contributed by atoms with E-state index in [0.29, 0.717) is 38.8 Å². The van der Waals surface area contributed by atoms with Crippen molar-refractivity contribution >= 4 is 39.8 Å². The predicted molar refractivity (Wildman–Crippen MR) is 200 cm³/mol. The lowest BCUT2D eigenvalue weighted by Crippen LogP contribution is -2.57. The molecular formula is C40H58N4O9S. The summed E-state index contributed by atoms with van der Waals surface area (Å²) in [7, 11) is -3.85. The molecule has 3 aliphatic heterocycles. The third kappa shape index (κ3) is 8.43. The number of ether oxygens (including phenoxy) is 2. The molecule has 2 N–H and O–H groups in total. The van der Waals surface area contributed by atoms with E-state index >= 15 is 0 Å². The quantitative estimate of drug-likeness (QED) is 0.370. The number of cyclic esters (lactones) is 1. The molecule has 0 unspecified atom stereocenters. The Hall–Kier alpha value is -3.68. The molecule has 1 saturated heterocycles. The number of rotatable bonds is 7. The number of amides is 4. The van der Waals surface area contributed by atoms with Crippen molar-refractivity contribution in [3.05, 3.63) is 34.9 Å². The molecule has 4 bridgehead atoms. The van der Waals surface area contributed by atoms with Crippen LogP contribution >= 0.6 is 0 Å². The Labute approximate surface area is 319 Å². The normalized spacial score (nSPS) is 30.6. The van der Waals surface area contributed by atoms with Crippen LogP contribution in [0.2, 0.25) is 0 Å². The summed E-state index contributed by atoms with van der Waals surface area (Å²) in [6.45, 7) is 13.9. The third-order valence-electron chi connectivity index (χ3n) is 12.2. The first-order valence-corrected chi connectivity index (χ1v) is 21.1. The van der Waals surface area contributed by atoms with Crippen molar-refractivity contribution in [1.82, 2.24) is 19.8 Å². The standard InChI is InChI=1S/C40H58N4O9S/c1-8-27-18-40(27,34(47)42-54(50,51)28-15-16-28)20-31(45)30-19-39(7)23-44(30)33(46)32(37(2,3)4)41-35(48)52-24-38(5,6)17-10-9-12-25-13-11-14-26-21-43(22-29(25)26)36(49)53-39/h11,13-14,27-28,30,32H,8-10,12,15-24H2,1-7H3,(H,41,48)(H,42,47)/t27-,30+,32-,39-,40-/m1/s1. The molecule has 3 heterocycles. The molecule has 13 nitrogen and oxygen atoms in total. The number of hydrogen-bond acceptors (Lipinski definition) is 9. The SMILES string of the molecule is CC[C@@H]1C[C@]1(CC(=O)[C@@H]1C[C@]2(C)CN1C(=O)[C@H](C(C)(C)C)NC(=O)OCC(C)(C)CCCCc1cccc3c1CN(C3)C(=O)O2)C(=O)NS(=O)(=O)C1CC1. The summed E-state index contributed by atoms with van der Waals surface area (Å²) in [4.78, 5) is 73.0. The fraction of sp³-hybridized carbons (Fsp3) is 0.725. The van der Waals surface area contributed by atoms with Gasteiger partial charge in [0.25, 0.3) is 0 Å². The number of carbonyl (C=O) groups is 5. The van der Waals surface area contributed by atoms with Gasteiger partial charge in [0, 0.05) is 25.9 Å². The Bertz CT molecular complexity index is 1800. The van der Waals surface area contributed by atoms with Gasteiger partial charge in [0.1, 0.15) is 11.6 Å². The summed E-state index contributed by atoms with van der Waals surface area (Å²) in [6.07, 6.45) is 3.79. The largest absolute Gasteiger partial charge is 0.449 e. The number of alkyl carbamates (subject to hydrolysis) is 1. The van der Waals surface area contributed by atoms with Gasteiger partial charge < -0.3 is 19.7 Å².